The smallest absolute Gasteiger partial charge is 0.392 e. The van der Waals surface area contributed by atoms with Gasteiger partial charge in [0.2, 0.25) is 10.0 Å². The predicted octanol–water partition coefficient (Wildman–Crippen LogP) is 2.68. The van der Waals surface area contributed by atoms with Crippen molar-refractivity contribution in [3.63, 3.8) is 0 Å². The van der Waals surface area contributed by atoms with E-state index in [0.717, 1.165) is 0 Å². The van der Waals surface area contributed by atoms with Gasteiger partial charge in [-0.3, -0.25) is 0 Å². The van der Waals surface area contributed by atoms with Crippen LogP contribution >= 0.6 is 0 Å². The number of hydrogen-bond donors (Lipinski definition) is 3. The van der Waals surface area contributed by atoms with Crippen molar-refractivity contribution < 1.29 is 26.3 Å². The van der Waals surface area contributed by atoms with E-state index in [1.54, 1.807) is 0 Å². The van der Waals surface area contributed by atoms with Gasteiger partial charge in [-0.1, -0.05) is 0 Å². The van der Waals surface area contributed by atoms with E-state index in [1.807, 2.05) is 0 Å². The summed E-state index contributed by atoms with van der Waals surface area (Å²) in [4.78, 5) is 14.7. The molecule has 156 valence electrons. The summed E-state index contributed by atoms with van der Waals surface area (Å²) in [6.45, 7) is 1.27. The van der Waals surface area contributed by atoms with Gasteiger partial charge in [-0.2, -0.15) is 13.2 Å². The van der Waals surface area contributed by atoms with Crippen LogP contribution in [0.15, 0.2) is 35.7 Å². The van der Waals surface area contributed by atoms with Gasteiger partial charge >= 0.3 is 6.18 Å². The molecule has 0 aliphatic carbocycles. The number of nitrogens with one attached hydrogen (secondary N) is 3. The van der Waals surface area contributed by atoms with Gasteiger partial charge in [-0.25, -0.2) is 28.1 Å². The quantitative estimate of drug-likeness (QED) is 0.527. The average molecular weight is 430 g/mol. The van der Waals surface area contributed by atoms with E-state index in [2.05, 4.69) is 30.0 Å². The zero-order valence-corrected chi connectivity index (χ0v) is 16.1. The van der Waals surface area contributed by atoms with Crippen LogP contribution in [-0.2, 0) is 10.0 Å². The van der Waals surface area contributed by atoms with Crippen molar-refractivity contribution in [2.24, 2.45) is 0 Å². The van der Waals surface area contributed by atoms with Crippen molar-refractivity contribution in [1.82, 2.24) is 24.7 Å². The largest absolute Gasteiger partial charge is 0.488 e. The number of alkyl halides is 3. The lowest BCUT2D eigenvalue weighted by Crippen LogP contribution is -2.22. The van der Waals surface area contributed by atoms with E-state index in [0.29, 0.717) is 17.3 Å². The summed E-state index contributed by atoms with van der Waals surface area (Å²) < 4.78 is 69.8. The van der Waals surface area contributed by atoms with Gasteiger partial charge in [-0.05, 0) is 32.2 Å². The van der Waals surface area contributed by atoms with E-state index in [1.165, 1.54) is 44.8 Å². The van der Waals surface area contributed by atoms with Gasteiger partial charge in [0.25, 0.3) is 0 Å². The topological polar surface area (TPSA) is 122 Å². The van der Waals surface area contributed by atoms with Crippen molar-refractivity contribution in [2.75, 3.05) is 12.4 Å². The second-order valence-electron chi connectivity index (χ2n) is 6.06. The summed E-state index contributed by atoms with van der Waals surface area (Å²) in [6.07, 6.45) is -4.12. The van der Waals surface area contributed by atoms with Crippen LogP contribution in [0, 0.1) is 0 Å². The molecule has 2 heterocycles. The second-order valence-corrected chi connectivity index (χ2v) is 7.95. The Morgan fingerprint density at radius 2 is 2.00 bits per heavy atom. The fraction of sp³-hybridized carbons (Fsp3) is 0.312. The number of halogens is 3. The molecule has 0 fully saturated rings. The average Bonchev–Trinajstić information content (AvgIpc) is 3.11. The molecule has 0 saturated carbocycles. The number of ether oxygens (including phenoxy) is 1. The van der Waals surface area contributed by atoms with Crippen LogP contribution in [0.25, 0.3) is 11.5 Å². The fourth-order valence-corrected chi connectivity index (χ4v) is 3.32. The number of H-pyrrole nitrogens is 1. The first kappa shape index (κ1) is 20.8. The van der Waals surface area contributed by atoms with Gasteiger partial charge in [0, 0.05) is 0 Å². The van der Waals surface area contributed by atoms with E-state index < -0.39 is 28.7 Å². The molecule has 3 rings (SSSR count). The molecule has 29 heavy (non-hydrogen) atoms. The molecule has 13 heteroatoms. The number of rotatable bonds is 7. The SMILES string of the molecule is CNS(=O)(=O)c1ccc(OC(C)CC(F)(F)F)c(Nc2[nH]cnc3ncnc2-3)c1. The molecule has 0 spiro atoms. The monoisotopic (exact) mass is 430 g/mol. The molecule has 3 N–H and O–H groups in total. The Kier molecular flexibility index (Phi) is 5.61. The Morgan fingerprint density at radius 3 is 2.69 bits per heavy atom. The zero-order valence-electron chi connectivity index (χ0n) is 15.3. The first-order chi connectivity index (χ1) is 13.6. The third-order valence-corrected chi connectivity index (χ3v) is 5.26. The van der Waals surface area contributed by atoms with Crippen molar-refractivity contribution in [2.45, 2.75) is 30.5 Å². The lowest BCUT2D eigenvalue weighted by atomic mass is 10.2. The summed E-state index contributed by atoms with van der Waals surface area (Å²) in [5, 5.41) is 2.91. The molecule has 0 amide bonds. The predicted molar refractivity (Wildman–Crippen MR) is 97.5 cm³/mol. The van der Waals surface area contributed by atoms with Crippen LogP contribution in [0.5, 0.6) is 5.75 Å². The number of aromatic nitrogens is 4. The van der Waals surface area contributed by atoms with Crippen molar-refractivity contribution in [1.29, 1.82) is 0 Å². The highest BCUT2D eigenvalue weighted by Crippen LogP contribution is 2.34. The lowest BCUT2D eigenvalue weighted by molar-refractivity contribution is -0.148. The molecule has 1 aromatic carbocycles. The van der Waals surface area contributed by atoms with Crippen LogP contribution in [0.3, 0.4) is 0 Å². The molecule has 1 unspecified atom stereocenters. The van der Waals surface area contributed by atoms with Crippen LogP contribution in [0.4, 0.5) is 24.7 Å². The van der Waals surface area contributed by atoms with Gasteiger partial charge in [-0.15, -0.1) is 0 Å². The number of benzene rings is 1. The maximum atomic E-state index is 12.7. The third kappa shape index (κ3) is 4.92. The summed E-state index contributed by atoms with van der Waals surface area (Å²) in [7, 11) is -2.55. The Balaban J connectivity index is 1.99. The molecule has 2 aliphatic rings. The summed E-state index contributed by atoms with van der Waals surface area (Å²) in [6, 6.07) is 3.77. The maximum absolute atomic E-state index is 12.7. The number of sulfonamides is 1. The van der Waals surface area contributed by atoms with Crippen LogP contribution in [0.1, 0.15) is 13.3 Å². The minimum atomic E-state index is -4.40. The minimum Gasteiger partial charge on any atom is -0.488 e. The lowest BCUT2D eigenvalue weighted by Gasteiger charge is -2.20. The van der Waals surface area contributed by atoms with Crippen LogP contribution in [0.2, 0.25) is 0 Å². The van der Waals surface area contributed by atoms with Crippen molar-refractivity contribution >= 4 is 21.5 Å². The van der Waals surface area contributed by atoms with Crippen molar-refractivity contribution in [3.05, 3.63) is 30.9 Å². The fourth-order valence-electron chi connectivity index (χ4n) is 2.57. The van der Waals surface area contributed by atoms with E-state index in [9.17, 15) is 21.6 Å². The zero-order chi connectivity index (χ0) is 21.2. The maximum Gasteiger partial charge on any atom is 0.392 e. The summed E-state index contributed by atoms with van der Waals surface area (Å²) in [5.41, 5.74) is 0.491. The Morgan fingerprint density at radius 1 is 1.24 bits per heavy atom. The first-order valence-corrected chi connectivity index (χ1v) is 9.79. The molecule has 9 nitrogen and oxygen atoms in total. The van der Waals surface area contributed by atoms with Gasteiger partial charge in [0.15, 0.2) is 11.5 Å². The molecule has 0 saturated heterocycles. The molecule has 0 radical (unpaired) electrons. The molecule has 2 aliphatic heterocycles. The number of anilines is 2. The van der Waals surface area contributed by atoms with Gasteiger partial charge in [0.05, 0.1) is 23.3 Å². The van der Waals surface area contributed by atoms with Gasteiger partial charge in [0.1, 0.15) is 24.0 Å². The van der Waals surface area contributed by atoms with E-state index in [4.69, 9.17) is 4.74 Å². The first-order valence-electron chi connectivity index (χ1n) is 8.31. The Bertz CT molecular complexity index is 1070. The standard InChI is InChI=1S/C16H17F3N6O3S/c1-9(6-16(17,18)19)28-12-4-3-10(29(26,27)20-2)5-11(12)25-15-13-14(22-7-21-13)23-8-24-15/h3-5,7-9,20H,6H2,1-2H3,(H2,21,22,23,24,25). The van der Waals surface area contributed by atoms with Gasteiger partial charge < -0.3 is 15.0 Å². The highest BCUT2D eigenvalue weighted by Gasteiger charge is 2.31. The van der Waals surface area contributed by atoms with E-state index >= 15 is 0 Å². The highest BCUT2D eigenvalue weighted by atomic mass is 32.2. The molecule has 0 aromatic heterocycles. The van der Waals surface area contributed by atoms with E-state index in [-0.39, 0.29) is 16.3 Å². The number of hydrogen-bond acceptors (Lipinski definition) is 7. The summed E-state index contributed by atoms with van der Waals surface area (Å²) >= 11 is 0. The number of nitrogens with zero attached hydrogens (tertiary/aromatic N) is 3. The number of fused-ring (bicyclic) bond motifs is 1. The minimum absolute atomic E-state index is 0.0367. The summed E-state index contributed by atoms with van der Waals surface area (Å²) in [5.74, 6) is 0.688. The number of aromatic amines is 1. The van der Waals surface area contributed by atoms with Crippen LogP contribution in [-0.4, -0.2) is 47.7 Å². The second kappa shape index (κ2) is 7.83. The Hall–Kier alpha value is -2.93. The third-order valence-electron chi connectivity index (χ3n) is 3.85. The van der Waals surface area contributed by atoms with Crippen molar-refractivity contribution in [3.8, 4) is 17.3 Å². The molecular formula is C16H17F3N6O3S. The number of imidazole rings is 1. The molecular weight excluding hydrogens is 413 g/mol. The molecule has 0 bridgehead atoms. The normalized spacial score (nSPS) is 13.4. The Labute approximate surface area is 164 Å². The molecule has 1 aromatic rings. The van der Waals surface area contributed by atoms with Crippen LogP contribution < -0.4 is 14.8 Å². The highest BCUT2D eigenvalue weighted by molar-refractivity contribution is 7.89. The molecule has 1 atom stereocenters.